The van der Waals surface area contributed by atoms with Crippen LogP contribution in [0.25, 0.3) is 0 Å². The van der Waals surface area contributed by atoms with E-state index < -0.39 is 5.54 Å². The van der Waals surface area contributed by atoms with Gasteiger partial charge in [0, 0.05) is 19.3 Å². The van der Waals surface area contributed by atoms with Gasteiger partial charge in [-0.05, 0) is 45.6 Å². The smallest absolute Gasteiger partial charge is 0.239 e. The number of hydrogen-bond donors (Lipinski definition) is 2. The molecule has 0 aliphatic carbocycles. The maximum absolute atomic E-state index is 12.0. The third-order valence-corrected chi connectivity index (χ3v) is 3.84. The molecule has 1 unspecified atom stereocenters. The van der Waals surface area contributed by atoms with E-state index in [2.05, 4.69) is 17.3 Å². The first kappa shape index (κ1) is 19.9. The van der Waals surface area contributed by atoms with Crippen LogP contribution in [0.5, 0.6) is 0 Å². The molecule has 0 fully saturated rings. The predicted octanol–water partition coefficient (Wildman–Crippen LogP) is 2.03. The standard InChI is InChI=1S/C15H28N4O.ClH/c1-6-9-15(4,16)14(20)17-10-7-8-13-11(2)18-19(5)12(13)3;/h6-10,16H2,1-5H3,(H,17,20);1H. The number of aromatic nitrogens is 2. The molecule has 0 aliphatic heterocycles. The minimum atomic E-state index is -0.755. The van der Waals surface area contributed by atoms with Crippen molar-refractivity contribution in [1.29, 1.82) is 0 Å². The van der Waals surface area contributed by atoms with E-state index in [0.29, 0.717) is 13.0 Å². The monoisotopic (exact) mass is 316 g/mol. The van der Waals surface area contributed by atoms with Gasteiger partial charge in [0.2, 0.25) is 5.91 Å². The van der Waals surface area contributed by atoms with Crippen molar-refractivity contribution in [1.82, 2.24) is 15.1 Å². The summed E-state index contributed by atoms with van der Waals surface area (Å²) in [5, 5.41) is 7.33. The summed E-state index contributed by atoms with van der Waals surface area (Å²) in [5.41, 5.74) is 8.79. The summed E-state index contributed by atoms with van der Waals surface area (Å²) in [6.45, 7) is 8.59. The molecule has 0 bridgehead atoms. The van der Waals surface area contributed by atoms with Crippen LogP contribution < -0.4 is 11.1 Å². The number of halogens is 1. The third-order valence-electron chi connectivity index (χ3n) is 3.84. The lowest BCUT2D eigenvalue weighted by Crippen LogP contribution is -2.51. The molecular weight excluding hydrogens is 288 g/mol. The Bertz CT molecular complexity index is 468. The Kier molecular flexibility index (Phi) is 7.96. The Balaban J connectivity index is 0.00000400. The second-order valence-electron chi connectivity index (χ2n) is 5.80. The number of nitrogens with two attached hydrogens (primary N) is 1. The van der Waals surface area contributed by atoms with Crippen molar-refractivity contribution in [3.63, 3.8) is 0 Å². The summed E-state index contributed by atoms with van der Waals surface area (Å²) in [7, 11) is 1.96. The van der Waals surface area contributed by atoms with Crippen molar-refractivity contribution in [2.45, 2.75) is 58.9 Å². The molecule has 5 nitrogen and oxygen atoms in total. The van der Waals surface area contributed by atoms with Gasteiger partial charge in [-0.1, -0.05) is 13.3 Å². The average Bonchev–Trinajstić information content (AvgIpc) is 2.59. The van der Waals surface area contributed by atoms with Crippen LogP contribution in [0.2, 0.25) is 0 Å². The van der Waals surface area contributed by atoms with Crippen LogP contribution in [0.15, 0.2) is 0 Å². The molecule has 0 saturated heterocycles. The first-order valence-corrected chi connectivity index (χ1v) is 7.35. The molecule has 21 heavy (non-hydrogen) atoms. The zero-order valence-corrected chi connectivity index (χ0v) is 14.6. The molecule has 6 heteroatoms. The van der Waals surface area contributed by atoms with Gasteiger partial charge in [-0.15, -0.1) is 12.4 Å². The van der Waals surface area contributed by atoms with E-state index in [1.807, 2.05) is 25.6 Å². The molecule has 1 atom stereocenters. The van der Waals surface area contributed by atoms with Crippen LogP contribution in [0.4, 0.5) is 0 Å². The van der Waals surface area contributed by atoms with Crippen LogP contribution in [0.1, 0.15) is 50.1 Å². The first-order chi connectivity index (χ1) is 9.29. The highest BCUT2D eigenvalue weighted by molar-refractivity contribution is 5.85. The number of aryl methyl sites for hydroxylation is 2. The molecule has 1 aromatic heterocycles. The number of nitrogens with zero attached hydrogens (tertiary/aromatic N) is 2. The van der Waals surface area contributed by atoms with Crippen molar-refractivity contribution in [3.05, 3.63) is 17.0 Å². The molecule has 1 rings (SSSR count). The number of nitrogens with one attached hydrogen (secondary N) is 1. The van der Waals surface area contributed by atoms with E-state index in [0.717, 1.165) is 25.0 Å². The average molecular weight is 317 g/mol. The first-order valence-electron chi connectivity index (χ1n) is 7.35. The molecule has 0 spiro atoms. The van der Waals surface area contributed by atoms with Gasteiger partial charge < -0.3 is 11.1 Å². The molecule has 3 N–H and O–H groups in total. The van der Waals surface area contributed by atoms with Gasteiger partial charge in [0.05, 0.1) is 11.2 Å². The van der Waals surface area contributed by atoms with Crippen LogP contribution in [-0.4, -0.2) is 27.8 Å². The van der Waals surface area contributed by atoms with Gasteiger partial charge in [0.15, 0.2) is 0 Å². The number of hydrogen-bond acceptors (Lipinski definition) is 3. The van der Waals surface area contributed by atoms with Gasteiger partial charge >= 0.3 is 0 Å². The van der Waals surface area contributed by atoms with Crippen molar-refractivity contribution < 1.29 is 4.79 Å². The molecule has 1 heterocycles. The fraction of sp³-hybridized carbons (Fsp3) is 0.733. The minimum Gasteiger partial charge on any atom is -0.355 e. The van der Waals surface area contributed by atoms with Crippen LogP contribution in [0, 0.1) is 13.8 Å². The molecular formula is C15H29ClN4O. The Labute approximate surface area is 134 Å². The maximum Gasteiger partial charge on any atom is 0.239 e. The zero-order valence-electron chi connectivity index (χ0n) is 13.8. The fourth-order valence-corrected chi connectivity index (χ4v) is 2.48. The molecule has 0 aliphatic rings. The second kappa shape index (κ2) is 8.39. The molecule has 1 amide bonds. The topological polar surface area (TPSA) is 72.9 Å². The Hall–Kier alpha value is -1.07. The highest BCUT2D eigenvalue weighted by Crippen LogP contribution is 2.14. The SMILES string of the molecule is CCCC(C)(N)C(=O)NCCCc1c(C)nn(C)c1C.Cl. The van der Waals surface area contributed by atoms with Crippen molar-refractivity contribution in [3.8, 4) is 0 Å². The molecule has 122 valence electrons. The normalized spacial score (nSPS) is 13.4. The van der Waals surface area contributed by atoms with E-state index in [-0.39, 0.29) is 18.3 Å². The highest BCUT2D eigenvalue weighted by Gasteiger charge is 2.26. The predicted molar refractivity (Wildman–Crippen MR) is 88.8 cm³/mol. The van der Waals surface area contributed by atoms with Crippen molar-refractivity contribution >= 4 is 18.3 Å². The van der Waals surface area contributed by atoms with Gasteiger partial charge in [-0.25, -0.2) is 0 Å². The summed E-state index contributed by atoms with van der Waals surface area (Å²) in [5.74, 6) is -0.0565. The summed E-state index contributed by atoms with van der Waals surface area (Å²) in [4.78, 5) is 12.0. The largest absolute Gasteiger partial charge is 0.355 e. The lowest BCUT2D eigenvalue weighted by atomic mass is 9.96. The molecule has 1 aromatic rings. The van der Waals surface area contributed by atoms with Gasteiger partial charge in [-0.3, -0.25) is 9.48 Å². The quantitative estimate of drug-likeness (QED) is 0.756. The van der Waals surface area contributed by atoms with E-state index in [1.165, 1.54) is 11.3 Å². The van der Waals surface area contributed by atoms with E-state index in [4.69, 9.17) is 5.73 Å². The van der Waals surface area contributed by atoms with Crippen LogP contribution in [-0.2, 0) is 18.3 Å². The van der Waals surface area contributed by atoms with Crippen LogP contribution >= 0.6 is 12.4 Å². The molecule has 0 aromatic carbocycles. The van der Waals surface area contributed by atoms with Crippen molar-refractivity contribution in [2.24, 2.45) is 12.8 Å². The lowest BCUT2D eigenvalue weighted by Gasteiger charge is -2.22. The Morgan fingerprint density at radius 3 is 2.52 bits per heavy atom. The number of carbonyl (C=O) groups excluding carboxylic acids is 1. The van der Waals surface area contributed by atoms with Crippen molar-refractivity contribution in [2.75, 3.05) is 6.54 Å². The van der Waals surface area contributed by atoms with E-state index in [9.17, 15) is 4.79 Å². The second-order valence-corrected chi connectivity index (χ2v) is 5.80. The Morgan fingerprint density at radius 2 is 2.05 bits per heavy atom. The Morgan fingerprint density at radius 1 is 1.43 bits per heavy atom. The van der Waals surface area contributed by atoms with Gasteiger partial charge in [0.1, 0.15) is 0 Å². The maximum atomic E-state index is 12.0. The van der Waals surface area contributed by atoms with Crippen LogP contribution in [0.3, 0.4) is 0 Å². The molecule has 0 radical (unpaired) electrons. The van der Waals surface area contributed by atoms with E-state index >= 15 is 0 Å². The molecule has 0 saturated carbocycles. The summed E-state index contributed by atoms with van der Waals surface area (Å²) >= 11 is 0. The third kappa shape index (κ3) is 5.32. The summed E-state index contributed by atoms with van der Waals surface area (Å²) < 4.78 is 1.90. The lowest BCUT2D eigenvalue weighted by molar-refractivity contribution is -0.126. The van der Waals surface area contributed by atoms with Gasteiger partial charge in [0.25, 0.3) is 0 Å². The zero-order chi connectivity index (χ0) is 15.3. The highest BCUT2D eigenvalue weighted by atomic mass is 35.5. The number of rotatable bonds is 7. The summed E-state index contributed by atoms with van der Waals surface area (Å²) in [6.07, 6.45) is 3.45. The number of carbonyl (C=O) groups is 1. The minimum absolute atomic E-state index is 0. The van der Waals surface area contributed by atoms with E-state index in [1.54, 1.807) is 6.92 Å². The van der Waals surface area contributed by atoms with Gasteiger partial charge in [-0.2, -0.15) is 5.10 Å². The summed E-state index contributed by atoms with van der Waals surface area (Å²) in [6, 6.07) is 0. The fourth-order valence-electron chi connectivity index (χ4n) is 2.48. The number of amides is 1.